The number of amides is 1. The van der Waals surface area contributed by atoms with Gasteiger partial charge in [0.25, 0.3) is 5.91 Å². The number of piperazine rings is 1. The van der Waals surface area contributed by atoms with E-state index in [-0.39, 0.29) is 5.91 Å². The summed E-state index contributed by atoms with van der Waals surface area (Å²) in [6.07, 6.45) is -1.67. The van der Waals surface area contributed by atoms with Crippen LogP contribution in [0.25, 0.3) is 0 Å². The predicted octanol–water partition coefficient (Wildman–Crippen LogP) is 3.95. The molecule has 2 unspecified atom stereocenters. The van der Waals surface area contributed by atoms with Crippen LogP contribution in [0, 0.1) is 11.6 Å². The third-order valence-corrected chi connectivity index (χ3v) is 6.07. The SMILES string of the molecule is O=C(C(O)c1ccccc1)N1CCN(CCOC(c2ccccc2)c2ccc(F)c(F)c2)CC1. The number of aliphatic hydroxyl groups is 1. The highest BCUT2D eigenvalue weighted by atomic mass is 19.2. The van der Waals surface area contributed by atoms with Crippen molar-refractivity contribution in [1.29, 1.82) is 0 Å². The summed E-state index contributed by atoms with van der Waals surface area (Å²) in [6.45, 7) is 3.40. The van der Waals surface area contributed by atoms with Crippen molar-refractivity contribution >= 4 is 5.91 Å². The van der Waals surface area contributed by atoms with Gasteiger partial charge < -0.3 is 14.7 Å². The van der Waals surface area contributed by atoms with Crippen molar-refractivity contribution in [3.63, 3.8) is 0 Å². The molecule has 1 aliphatic heterocycles. The van der Waals surface area contributed by atoms with Gasteiger partial charge in [-0.15, -0.1) is 0 Å². The van der Waals surface area contributed by atoms with Gasteiger partial charge in [-0.05, 0) is 28.8 Å². The van der Waals surface area contributed by atoms with Crippen LogP contribution in [-0.4, -0.2) is 60.1 Å². The Morgan fingerprint density at radius 1 is 0.824 bits per heavy atom. The van der Waals surface area contributed by atoms with E-state index in [1.54, 1.807) is 35.2 Å². The molecule has 1 aliphatic rings. The van der Waals surface area contributed by atoms with E-state index < -0.39 is 23.8 Å². The van der Waals surface area contributed by atoms with Crippen molar-refractivity contribution < 1.29 is 23.4 Å². The zero-order chi connectivity index (χ0) is 23.9. The van der Waals surface area contributed by atoms with Crippen molar-refractivity contribution in [2.75, 3.05) is 39.3 Å². The smallest absolute Gasteiger partial charge is 0.256 e. The van der Waals surface area contributed by atoms with Gasteiger partial charge in [0, 0.05) is 32.7 Å². The van der Waals surface area contributed by atoms with E-state index in [9.17, 15) is 18.7 Å². The molecule has 0 bridgehead atoms. The van der Waals surface area contributed by atoms with E-state index in [2.05, 4.69) is 4.90 Å². The molecule has 4 rings (SSSR count). The highest BCUT2D eigenvalue weighted by Crippen LogP contribution is 2.27. The molecule has 7 heteroatoms. The maximum atomic E-state index is 13.8. The first kappa shape index (κ1) is 24.0. The van der Waals surface area contributed by atoms with Gasteiger partial charge >= 0.3 is 0 Å². The fourth-order valence-electron chi connectivity index (χ4n) is 4.13. The molecule has 3 aromatic carbocycles. The fourth-order valence-corrected chi connectivity index (χ4v) is 4.13. The lowest BCUT2D eigenvalue weighted by Crippen LogP contribution is -2.50. The Morgan fingerprint density at radius 2 is 1.44 bits per heavy atom. The topological polar surface area (TPSA) is 53.0 Å². The first-order valence-electron chi connectivity index (χ1n) is 11.4. The lowest BCUT2D eigenvalue weighted by molar-refractivity contribution is -0.142. The Morgan fingerprint density at radius 3 is 2.06 bits per heavy atom. The number of carbonyl (C=O) groups excluding carboxylic acids is 1. The van der Waals surface area contributed by atoms with Crippen LogP contribution in [0.15, 0.2) is 78.9 Å². The molecular weight excluding hydrogens is 438 g/mol. The van der Waals surface area contributed by atoms with Crippen molar-refractivity contribution in [2.45, 2.75) is 12.2 Å². The lowest BCUT2D eigenvalue weighted by Gasteiger charge is -2.35. The van der Waals surface area contributed by atoms with Gasteiger partial charge in [0.05, 0.1) is 6.61 Å². The second-order valence-electron chi connectivity index (χ2n) is 8.32. The number of hydrogen-bond donors (Lipinski definition) is 1. The molecular formula is C27H28F2N2O3. The highest BCUT2D eigenvalue weighted by molar-refractivity contribution is 5.82. The summed E-state index contributed by atoms with van der Waals surface area (Å²) >= 11 is 0. The number of benzene rings is 3. The van der Waals surface area contributed by atoms with Gasteiger partial charge in [-0.1, -0.05) is 66.7 Å². The summed E-state index contributed by atoms with van der Waals surface area (Å²) in [5.41, 5.74) is 2.00. The summed E-state index contributed by atoms with van der Waals surface area (Å²) in [5, 5.41) is 10.4. The zero-order valence-electron chi connectivity index (χ0n) is 18.8. The maximum absolute atomic E-state index is 13.8. The van der Waals surface area contributed by atoms with E-state index in [0.29, 0.717) is 50.5 Å². The summed E-state index contributed by atoms with van der Waals surface area (Å²) in [4.78, 5) is 16.5. The minimum Gasteiger partial charge on any atom is -0.378 e. The normalized spacial score (nSPS) is 16.3. The molecule has 1 amide bonds. The van der Waals surface area contributed by atoms with Gasteiger partial charge in [-0.25, -0.2) is 8.78 Å². The Bertz CT molecular complexity index is 1070. The summed E-state index contributed by atoms with van der Waals surface area (Å²) < 4.78 is 33.4. The second kappa shape index (κ2) is 11.3. The van der Waals surface area contributed by atoms with Crippen molar-refractivity contribution in [1.82, 2.24) is 9.80 Å². The van der Waals surface area contributed by atoms with Crippen LogP contribution in [0.1, 0.15) is 28.9 Å². The monoisotopic (exact) mass is 466 g/mol. The van der Waals surface area contributed by atoms with Crippen molar-refractivity contribution in [2.24, 2.45) is 0 Å². The average Bonchev–Trinajstić information content (AvgIpc) is 2.89. The number of hydrogen-bond acceptors (Lipinski definition) is 4. The zero-order valence-corrected chi connectivity index (χ0v) is 18.8. The largest absolute Gasteiger partial charge is 0.378 e. The number of halogens is 2. The first-order chi connectivity index (χ1) is 16.5. The molecule has 1 fully saturated rings. The molecule has 3 aromatic rings. The van der Waals surface area contributed by atoms with Crippen LogP contribution in [0.5, 0.6) is 0 Å². The van der Waals surface area contributed by atoms with E-state index >= 15 is 0 Å². The molecule has 1 heterocycles. The van der Waals surface area contributed by atoms with Gasteiger partial charge in [-0.2, -0.15) is 0 Å². The minimum atomic E-state index is -1.15. The van der Waals surface area contributed by atoms with Gasteiger partial charge in [0.2, 0.25) is 0 Å². The fraction of sp³-hybridized carbons (Fsp3) is 0.296. The van der Waals surface area contributed by atoms with Crippen LogP contribution in [0.3, 0.4) is 0 Å². The predicted molar refractivity (Wildman–Crippen MR) is 125 cm³/mol. The Labute approximate surface area is 198 Å². The first-order valence-corrected chi connectivity index (χ1v) is 11.4. The Kier molecular flexibility index (Phi) is 8.00. The molecule has 1 N–H and O–H groups in total. The molecule has 0 spiro atoms. The van der Waals surface area contributed by atoms with E-state index in [0.717, 1.165) is 11.6 Å². The Hall–Kier alpha value is -3.13. The standard InChI is InChI=1S/C27H28F2N2O3/c28-23-12-11-22(19-24(23)29)26(21-9-5-2-6-10-21)34-18-17-30-13-15-31(16-14-30)27(33)25(32)20-7-3-1-4-8-20/h1-12,19,25-26,32H,13-18H2. The average molecular weight is 467 g/mol. The van der Waals surface area contributed by atoms with Crippen LogP contribution in [0.2, 0.25) is 0 Å². The molecule has 2 atom stereocenters. The quantitative estimate of drug-likeness (QED) is 0.546. The minimum absolute atomic E-state index is 0.287. The van der Waals surface area contributed by atoms with E-state index in [1.165, 1.54) is 6.07 Å². The molecule has 5 nitrogen and oxygen atoms in total. The Balaban J connectivity index is 1.31. The van der Waals surface area contributed by atoms with Gasteiger partial charge in [-0.3, -0.25) is 9.69 Å². The lowest BCUT2D eigenvalue weighted by atomic mass is 10.0. The van der Waals surface area contributed by atoms with Crippen molar-refractivity contribution in [3.8, 4) is 0 Å². The van der Waals surface area contributed by atoms with Crippen LogP contribution >= 0.6 is 0 Å². The molecule has 0 radical (unpaired) electrons. The number of carbonyl (C=O) groups is 1. The van der Waals surface area contributed by atoms with Crippen LogP contribution in [-0.2, 0) is 9.53 Å². The van der Waals surface area contributed by atoms with Crippen molar-refractivity contribution in [3.05, 3.63) is 107 Å². The van der Waals surface area contributed by atoms with E-state index in [1.807, 2.05) is 36.4 Å². The van der Waals surface area contributed by atoms with Gasteiger partial charge in [0.15, 0.2) is 17.7 Å². The molecule has 0 saturated carbocycles. The number of rotatable bonds is 8. The summed E-state index contributed by atoms with van der Waals surface area (Å²) in [7, 11) is 0. The summed E-state index contributed by atoms with van der Waals surface area (Å²) in [5.74, 6) is -2.08. The number of nitrogens with zero attached hydrogens (tertiary/aromatic N) is 2. The molecule has 34 heavy (non-hydrogen) atoms. The molecule has 0 aliphatic carbocycles. The van der Waals surface area contributed by atoms with Crippen LogP contribution in [0.4, 0.5) is 8.78 Å². The number of aliphatic hydroxyl groups excluding tert-OH is 1. The molecule has 1 saturated heterocycles. The maximum Gasteiger partial charge on any atom is 0.256 e. The molecule has 178 valence electrons. The second-order valence-corrected chi connectivity index (χ2v) is 8.32. The molecule has 0 aromatic heterocycles. The third-order valence-electron chi connectivity index (χ3n) is 6.07. The third kappa shape index (κ3) is 5.86. The van der Waals surface area contributed by atoms with Crippen LogP contribution < -0.4 is 0 Å². The number of ether oxygens (including phenoxy) is 1. The van der Waals surface area contributed by atoms with Gasteiger partial charge in [0.1, 0.15) is 6.10 Å². The van der Waals surface area contributed by atoms with E-state index in [4.69, 9.17) is 4.74 Å². The highest BCUT2D eigenvalue weighted by Gasteiger charge is 2.27. The summed E-state index contributed by atoms with van der Waals surface area (Å²) in [6, 6.07) is 22.2.